The molecule has 1 heterocycles. The van der Waals surface area contributed by atoms with Crippen molar-refractivity contribution >= 4 is 34.8 Å². The summed E-state index contributed by atoms with van der Waals surface area (Å²) < 4.78 is 0. The van der Waals surface area contributed by atoms with E-state index in [2.05, 4.69) is 10.5 Å². The van der Waals surface area contributed by atoms with Crippen LogP contribution in [0.3, 0.4) is 0 Å². The normalized spacial score (nSPS) is 17.8. The van der Waals surface area contributed by atoms with E-state index in [1.165, 1.54) is 0 Å². The molecule has 1 amide bonds. The fourth-order valence-electron chi connectivity index (χ4n) is 2.48. The largest absolute Gasteiger partial charge is 0.273 e. The van der Waals surface area contributed by atoms with Gasteiger partial charge >= 0.3 is 0 Å². The number of nitrogens with zero attached hydrogens (tertiary/aromatic N) is 1. The van der Waals surface area contributed by atoms with Gasteiger partial charge in [0.2, 0.25) is 5.91 Å². The van der Waals surface area contributed by atoms with Gasteiger partial charge in [0.25, 0.3) is 0 Å². The predicted octanol–water partition coefficient (Wildman–Crippen LogP) is 4.08. The van der Waals surface area contributed by atoms with E-state index < -0.39 is 0 Å². The van der Waals surface area contributed by atoms with Crippen molar-refractivity contribution in [1.29, 1.82) is 0 Å². The molecule has 2 aromatic rings. The lowest BCUT2D eigenvalue weighted by Crippen LogP contribution is -2.36. The Morgan fingerprint density at radius 2 is 1.59 bits per heavy atom. The Hall–Kier alpha value is -1.84. The summed E-state index contributed by atoms with van der Waals surface area (Å²) in [5.74, 6) is -0.183. The molecule has 1 atom stereocenters. The molecule has 5 heteroatoms. The van der Waals surface area contributed by atoms with Crippen molar-refractivity contribution in [2.24, 2.45) is 11.0 Å². The second-order valence-electron chi connectivity index (χ2n) is 5.27. The number of hydrazone groups is 1. The highest BCUT2D eigenvalue weighted by Crippen LogP contribution is 2.21. The zero-order valence-corrected chi connectivity index (χ0v) is 13.2. The quantitative estimate of drug-likeness (QED) is 0.904. The molecule has 1 unspecified atom stereocenters. The van der Waals surface area contributed by atoms with E-state index in [9.17, 15) is 4.79 Å². The van der Waals surface area contributed by atoms with Gasteiger partial charge in [0.05, 0.1) is 5.71 Å². The number of rotatable bonds is 3. The molecule has 3 nitrogen and oxygen atoms in total. The second kappa shape index (κ2) is 6.51. The monoisotopic (exact) mass is 332 g/mol. The highest BCUT2D eigenvalue weighted by molar-refractivity contribution is 6.30. The van der Waals surface area contributed by atoms with Crippen molar-refractivity contribution in [2.45, 2.75) is 12.8 Å². The molecule has 1 aliphatic heterocycles. The topological polar surface area (TPSA) is 41.5 Å². The molecular weight excluding hydrogens is 319 g/mol. The van der Waals surface area contributed by atoms with Gasteiger partial charge in [-0.3, -0.25) is 4.79 Å². The third-order valence-corrected chi connectivity index (χ3v) is 4.19. The number of nitrogens with one attached hydrogen (secondary N) is 1. The molecule has 3 rings (SSSR count). The minimum atomic E-state index is -0.135. The van der Waals surface area contributed by atoms with E-state index in [1.54, 1.807) is 0 Å². The lowest BCUT2D eigenvalue weighted by atomic mass is 9.90. The molecule has 0 aromatic heterocycles. The summed E-state index contributed by atoms with van der Waals surface area (Å²) >= 11 is 11.8. The Morgan fingerprint density at radius 1 is 1.00 bits per heavy atom. The van der Waals surface area contributed by atoms with Crippen LogP contribution in [0.5, 0.6) is 0 Å². The van der Waals surface area contributed by atoms with Gasteiger partial charge in [0, 0.05) is 22.4 Å². The highest BCUT2D eigenvalue weighted by Gasteiger charge is 2.25. The van der Waals surface area contributed by atoms with Crippen LogP contribution >= 0.6 is 23.2 Å². The molecule has 0 fully saturated rings. The number of carbonyl (C=O) groups excluding carboxylic acids is 1. The number of hydrogen-bond acceptors (Lipinski definition) is 2. The summed E-state index contributed by atoms with van der Waals surface area (Å²) in [5, 5.41) is 5.55. The summed E-state index contributed by atoms with van der Waals surface area (Å²) in [7, 11) is 0. The van der Waals surface area contributed by atoms with Crippen LogP contribution in [0.4, 0.5) is 0 Å². The molecule has 0 saturated carbocycles. The van der Waals surface area contributed by atoms with Crippen molar-refractivity contribution in [1.82, 2.24) is 5.43 Å². The van der Waals surface area contributed by atoms with Gasteiger partial charge in [0.1, 0.15) is 0 Å². The van der Waals surface area contributed by atoms with Crippen LogP contribution in [0.1, 0.15) is 17.5 Å². The van der Waals surface area contributed by atoms with Crippen LogP contribution in [-0.4, -0.2) is 11.6 Å². The zero-order valence-electron chi connectivity index (χ0n) is 11.7. The first-order valence-electron chi connectivity index (χ1n) is 6.98. The summed E-state index contributed by atoms with van der Waals surface area (Å²) in [6.45, 7) is 0. The SMILES string of the molecule is O=C1NN=C(c2ccc(Cl)cc2)CC1Cc1ccc(Cl)cc1. The van der Waals surface area contributed by atoms with E-state index in [4.69, 9.17) is 23.2 Å². The van der Waals surface area contributed by atoms with Crippen LogP contribution in [0.15, 0.2) is 53.6 Å². The predicted molar refractivity (Wildman–Crippen MR) is 89.4 cm³/mol. The van der Waals surface area contributed by atoms with Gasteiger partial charge in [-0.1, -0.05) is 47.5 Å². The summed E-state index contributed by atoms with van der Waals surface area (Å²) in [6, 6.07) is 15.0. The van der Waals surface area contributed by atoms with Crippen LogP contribution in [-0.2, 0) is 11.2 Å². The lowest BCUT2D eigenvalue weighted by molar-refractivity contribution is -0.125. The van der Waals surface area contributed by atoms with Crippen molar-refractivity contribution in [3.05, 3.63) is 69.7 Å². The van der Waals surface area contributed by atoms with Gasteiger partial charge in [-0.05, 0) is 41.8 Å². The lowest BCUT2D eigenvalue weighted by Gasteiger charge is -2.21. The Bertz CT molecular complexity index is 708. The second-order valence-corrected chi connectivity index (χ2v) is 6.15. The van der Waals surface area contributed by atoms with Crippen molar-refractivity contribution in [2.75, 3.05) is 0 Å². The van der Waals surface area contributed by atoms with E-state index in [-0.39, 0.29) is 11.8 Å². The van der Waals surface area contributed by atoms with E-state index in [1.807, 2.05) is 48.5 Å². The fraction of sp³-hybridized carbons (Fsp3) is 0.176. The molecule has 0 aliphatic carbocycles. The first-order chi connectivity index (χ1) is 10.6. The first kappa shape index (κ1) is 15.1. The molecule has 0 radical (unpaired) electrons. The molecule has 22 heavy (non-hydrogen) atoms. The average molecular weight is 333 g/mol. The number of hydrogen-bond donors (Lipinski definition) is 1. The van der Waals surface area contributed by atoms with Crippen molar-refractivity contribution < 1.29 is 4.79 Å². The van der Waals surface area contributed by atoms with Crippen LogP contribution in [0.2, 0.25) is 10.0 Å². The number of carbonyl (C=O) groups is 1. The summed E-state index contributed by atoms with van der Waals surface area (Å²) in [6.07, 6.45) is 1.27. The van der Waals surface area contributed by atoms with E-state index in [0.717, 1.165) is 16.8 Å². The Morgan fingerprint density at radius 3 is 2.23 bits per heavy atom. The maximum atomic E-state index is 12.0. The fourth-order valence-corrected chi connectivity index (χ4v) is 2.73. The maximum absolute atomic E-state index is 12.0. The van der Waals surface area contributed by atoms with Gasteiger partial charge < -0.3 is 0 Å². The van der Waals surface area contributed by atoms with E-state index >= 15 is 0 Å². The molecular formula is C17H14Cl2N2O. The Balaban J connectivity index is 1.76. The van der Waals surface area contributed by atoms with Gasteiger partial charge in [-0.2, -0.15) is 5.10 Å². The standard InChI is InChI=1S/C17H14Cl2N2O/c18-14-5-1-11(2-6-14)9-13-10-16(20-21-17(13)22)12-3-7-15(19)8-4-12/h1-8,13H,9-10H2,(H,21,22). The molecule has 0 saturated heterocycles. The molecule has 0 bridgehead atoms. The third-order valence-electron chi connectivity index (χ3n) is 3.68. The number of halogens is 2. The van der Waals surface area contributed by atoms with E-state index in [0.29, 0.717) is 22.9 Å². The van der Waals surface area contributed by atoms with Gasteiger partial charge in [-0.25, -0.2) is 5.43 Å². The van der Waals surface area contributed by atoms with Gasteiger partial charge in [0.15, 0.2) is 0 Å². The Kier molecular flexibility index (Phi) is 4.46. The minimum absolute atomic E-state index is 0.0485. The molecule has 1 N–H and O–H groups in total. The maximum Gasteiger partial charge on any atom is 0.243 e. The average Bonchev–Trinajstić information content (AvgIpc) is 2.52. The summed E-state index contributed by atoms with van der Waals surface area (Å²) in [4.78, 5) is 12.0. The van der Waals surface area contributed by atoms with Crippen LogP contribution in [0, 0.1) is 5.92 Å². The minimum Gasteiger partial charge on any atom is -0.273 e. The van der Waals surface area contributed by atoms with Gasteiger partial charge in [-0.15, -0.1) is 0 Å². The molecule has 1 aliphatic rings. The van der Waals surface area contributed by atoms with Crippen molar-refractivity contribution in [3.63, 3.8) is 0 Å². The van der Waals surface area contributed by atoms with Crippen molar-refractivity contribution in [3.8, 4) is 0 Å². The zero-order chi connectivity index (χ0) is 15.5. The van der Waals surface area contributed by atoms with Crippen LogP contribution < -0.4 is 5.43 Å². The summed E-state index contributed by atoms with van der Waals surface area (Å²) in [5.41, 5.74) is 5.55. The third kappa shape index (κ3) is 3.49. The smallest absolute Gasteiger partial charge is 0.243 e. The van der Waals surface area contributed by atoms with Crippen LogP contribution in [0.25, 0.3) is 0 Å². The number of benzene rings is 2. The first-order valence-corrected chi connectivity index (χ1v) is 7.74. The molecule has 112 valence electrons. The molecule has 2 aromatic carbocycles. The highest BCUT2D eigenvalue weighted by atomic mass is 35.5. The number of amides is 1. The Labute approximate surface area is 138 Å². The molecule has 0 spiro atoms.